The minimum Gasteiger partial charge on any atom is -0.348 e. The van der Waals surface area contributed by atoms with Gasteiger partial charge in [-0.05, 0) is 0 Å². The van der Waals surface area contributed by atoms with Crippen LogP contribution in [0.5, 0.6) is 0 Å². The van der Waals surface area contributed by atoms with E-state index in [1.54, 1.807) is 12.4 Å². The van der Waals surface area contributed by atoms with Gasteiger partial charge in [0.2, 0.25) is 0 Å². The molecule has 0 amide bonds. The third-order valence-corrected chi connectivity index (χ3v) is 0.498. The van der Waals surface area contributed by atoms with Crippen LogP contribution in [0.15, 0.2) is 12.4 Å². The van der Waals surface area contributed by atoms with E-state index >= 15 is 0 Å². The van der Waals surface area contributed by atoms with Gasteiger partial charge < -0.3 is 4.98 Å². The summed E-state index contributed by atoms with van der Waals surface area (Å²) in [6, 6.07) is 0. The zero-order valence-electron chi connectivity index (χ0n) is 3.10. The fourth-order valence-corrected chi connectivity index (χ4v) is 0.265. The maximum Gasteiger partial charge on any atom is 0.115 e. The number of aromatic amines is 1. The quantitative estimate of drug-likeness (QED) is 0.477. The number of hydrogen-bond donors (Lipinski definition) is 1. The van der Waals surface area contributed by atoms with Crippen molar-refractivity contribution in [1.82, 2.24) is 9.97 Å². The van der Waals surface area contributed by atoms with Gasteiger partial charge in [-0.2, -0.15) is 0 Å². The van der Waals surface area contributed by atoms with E-state index in [0.29, 0.717) is 0 Å². The van der Waals surface area contributed by atoms with Gasteiger partial charge in [0, 0.05) is 12.4 Å². The van der Waals surface area contributed by atoms with Gasteiger partial charge in [0.15, 0.2) is 0 Å². The Bertz CT molecular complexity index is 109. The Balaban J connectivity index is 3.05. The lowest BCUT2D eigenvalue weighted by Gasteiger charge is -1.67. The molecule has 1 N–H and O–H groups in total. The lowest BCUT2D eigenvalue weighted by atomic mass is 10.8. The second-order valence-corrected chi connectivity index (χ2v) is 0.938. The highest BCUT2D eigenvalue weighted by Gasteiger charge is 1.75. The highest BCUT2D eigenvalue weighted by atomic mass is 14.9. The first-order valence-corrected chi connectivity index (χ1v) is 1.60. The van der Waals surface area contributed by atoms with Crippen molar-refractivity contribution >= 4 is 0 Å². The predicted molar refractivity (Wildman–Crippen MR) is 20.9 cm³/mol. The van der Waals surface area contributed by atoms with E-state index in [0.717, 1.165) is 0 Å². The maximum absolute atomic E-state index is 6.71. The number of nitrogens with zero attached hydrogens (tertiary/aromatic N) is 1. The summed E-state index contributed by atoms with van der Waals surface area (Å²) in [5, 5.41) is 0. The van der Waals surface area contributed by atoms with Crippen molar-refractivity contribution in [2.24, 2.45) is 0 Å². The van der Waals surface area contributed by atoms with Crippen LogP contribution in [0, 0.1) is 6.92 Å². The Morgan fingerprint density at radius 3 is 2.83 bits per heavy atom. The van der Waals surface area contributed by atoms with Crippen molar-refractivity contribution in [3.8, 4) is 0 Å². The van der Waals surface area contributed by atoms with Crippen LogP contribution in [0.2, 0.25) is 0 Å². The molecule has 0 spiro atoms. The summed E-state index contributed by atoms with van der Waals surface area (Å²) >= 11 is 0. The number of rotatable bonds is 0. The molecule has 0 aliphatic heterocycles. The van der Waals surface area contributed by atoms with Gasteiger partial charge >= 0.3 is 0 Å². The molecule has 2 nitrogen and oxygen atoms in total. The molecule has 6 heavy (non-hydrogen) atoms. The molecule has 0 aromatic carbocycles. The number of hydrogen-bond acceptors (Lipinski definition) is 1. The van der Waals surface area contributed by atoms with Crippen molar-refractivity contribution in [2.75, 3.05) is 0 Å². The molecule has 1 rings (SSSR count). The molecule has 0 saturated heterocycles. The topological polar surface area (TPSA) is 28.7 Å². The first-order valence-electron chi connectivity index (χ1n) is 1.60. The summed E-state index contributed by atoms with van der Waals surface area (Å²) in [4.78, 5) is 6.08. The van der Waals surface area contributed by atoms with Crippen LogP contribution in [0.4, 0.5) is 0 Å². The standard InChI is InChI=1S/C4H3N2/c1-4-5-2-3-6-4/h2-3H,(H,5,6). The normalized spacial score (nSPS) is 8.83. The van der Waals surface area contributed by atoms with E-state index in [9.17, 15) is 0 Å². The predicted octanol–water partition coefficient (Wildman–Crippen LogP) is 0.346. The van der Waals surface area contributed by atoms with Crippen LogP contribution < -0.4 is 0 Å². The molecule has 0 bridgehead atoms. The lowest BCUT2D eigenvalue weighted by molar-refractivity contribution is 1.23. The van der Waals surface area contributed by atoms with Crippen molar-refractivity contribution in [3.05, 3.63) is 25.1 Å². The SMILES string of the molecule is [C]c1ncc[nH]1. The fourth-order valence-electron chi connectivity index (χ4n) is 0.265. The second-order valence-electron chi connectivity index (χ2n) is 0.938. The van der Waals surface area contributed by atoms with Crippen LogP contribution >= 0.6 is 0 Å². The van der Waals surface area contributed by atoms with E-state index in [2.05, 4.69) is 9.97 Å². The summed E-state index contributed by atoms with van der Waals surface area (Å²) in [7, 11) is 0. The Kier molecular flexibility index (Phi) is 0.638. The van der Waals surface area contributed by atoms with Gasteiger partial charge in [0.25, 0.3) is 0 Å². The summed E-state index contributed by atoms with van der Waals surface area (Å²) < 4.78 is 0. The molecule has 2 heteroatoms. The Labute approximate surface area is 36.2 Å². The largest absolute Gasteiger partial charge is 0.348 e. The smallest absolute Gasteiger partial charge is 0.115 e. The van der Waals surface area contributed by atoms with Crippen LogP contribution in [-0.2, 0) is 0 Å². The molecule has 0 unspecified atom stereocenters. The number of imidazole rings is 1. The third-order valence-electron chi connectivity index (χ3n) is 0.498. The van der Waals surface area contributed by atoms with Gasteiger partial charge in [0.1, 0.15) is 5.82 Å². The van der Waals surface area contributed by atoms with Gasteiger partial charge in [-0.3, -0.25) is 0 Å². The lowest BCUT2D eigenvalue weighted by Crippen LogP contribution is -1.66. The van der Waals surface area contributed by atoms with E-state index in [-0.39, 0.29) is 5.82 Å². The highest BCUT2D eigenvalue weighted by molar-refractivity contribution is 4.88. The maximum atomic E-state index is 6.71. The summed E-state index contributed by atoms with van der Waals surface area (Å²) in [5.74, 6) is 0.218. The first kappa shape index (κ1) is 3.40. The number of H-pyrrole nitrogens is 1. The Morgan fingerprint density at radius 1 is 1.83 bits per heavy atom. The minimum atomic E-state index is 0.218. The molecule has 0 atom stereocenters. The summed E-state index contributed by atoms with van der Waals surface area (Å²) in [5.41, 5.74) is 0. The molecular weight excluding hydrogens is 76.1 g/mol. The molecule has 29 valence electrons. The van der Waals surface area contributed by atoms with Gasteiger partial charge in [-0.1, -0.05) is 0 Å². The van der Waals surface area contributed by atoms with Crippen molar-refractivity contribution in [2.45, 2.75) is 0 Å². The Morgan fingerprint density at radius 2 is 2.67 bits per heavy atom. The van der Waals surface area contributed by atoms with Gasteiger partial charge in [-0.15, -0.1) is 0 Å². The molecule has 1 aromatic rings. The molecule has 0 aliphatic carbocycles. The van der Waals surface area contributed by atoms with Crippen molar-refractivity contribution < 1.29 is 0 Å². The van der Waals surface area contributed by atoms with Crippen LogP contribution in [0.3, 0.4) is 0 Å². The second kappa shape index (κ2) is 1.12. The van der Waals surface area contributed by atoms with Crippen LogP contribution in [-0.4, -0.2) is 9.97 Å². The zero-order chi connectivity index (χ0) is 4.41. The molecule has 3 radical (unpaired) electrons. The minimum absolute atomic E-state index is 0.218. The molecular formula is C4H3N2. The molecule has 0 fully saturated rings. The molecule has 0 saturated carbocycles. The summed E-state index contributed by atoms with van der Waals surface area (Å²) in [6.45, 7) is 6.71. The Hall–Kier alpha value is -0.790. The third kappa shape index (κ3) is 0.407. The molecule has 0 aliphatic rings. The van der Waals surface area contributed by atoms with Crippen LogP contribution in [0.1, 0.15) is 5.82 Å². The monoisotopic (exact) mass is 79.0 g/mol. The number of aromatic nitrogens is 2. The molecule has 1 heterocycles. The van der Waals surface area contributed by atoms with E-state index in [1.165, 1.54) is 0 Å². The average Bonchev–Trinajstić information content (AvgIpc) is 1.86. The van der Waals surface area contributed by atoms with Crippen molar-refractivity contribution in [1.29, 1.82) is 0 Å². The molecule has 1 aromatic heterocycles. The van der Waals surface area contributed by atoms with E-state index < -0.39 is 0 Å². The van der Waals surface area contributed by atoms with E-state index in [4.69, 9.17) is 6.92 Å². The number of nitrogens with one attached hydrogen (secondary N) is 1. The highest BCUT2D eigenvalue weighted by Crippen LogP contribution is 1.78. The van der Waals surface area contributed by atoms with Crippen molar-refractivity contribution in [3.63, 3.8) is 0 Å². The zero-order valence-corrected chi connectivity index (χ0v) is 3.10. The first-order chi connectivity index (χ1) is 2.89. The average molecular weight is 79.1 g/mol. The summed E-state index contributed by atoms with van der Waals surface area (Å²) in [6.07, 6.45) is 3.16. The van der Waals surface area contributed by atoms with Gasteiger partial charge in [-0.25, -0.2) is 4.98 Å². The van der Waals surface area contributed by atoms with E-state index in [1.807, 2.05) is 0 Å². The van der Waals surface area contributed by atoms with Crippen LogP contribution in [0.25, 0.3) is 0 Å². The fraction of sp³-hybridized carbons (Fsp3) is 0. The van der Waals surface area contributed by atoms with Gasteiger partial charge in [0.05, 0.1) is 6.92 Å².